The van der Waals surface area contributed by atoms with Crippen LogP contribution in [0, 0.1) is 12.7 Å². The minimum absolute atomic E-state index is 0.317. The van der Waals surface area contributed by atoms with E-state index in [-0.39, 0.29) is 5.82 Å². The molecule has 1 atom stereocenters. The molecule has 112 valence electrons. The number of nitrogens with two attached hydrogens (primary N) is 1. The van der Waals surface area contributed by atoms with Crippen molar-refractivity contribution in [1.82, 2.24) is 20.6 Å². The summed E-state index contributed by atoms with van der Waals surface area (Å²) in [7, 11) is 0. The van der Waals surface area contributed by atoms with Gasteiger partial charge in [-0.2, -0.15) is 0 Å². The molecule has 0 aliphatic heterocycles. The zero-order valence-corrected chi connectivity index (χ0v) is 12.3. The van der Waals surface area contributed by atoms with Crippen molar-refractivity contribution in [3.8, 4) is 22.5 Å². The van der Waals surface area contributed by atoms with Crippen LogP contribution in [0.3, 0.4) is 0 Å². The molecule has 0 saturated heterocycles. The van der Waals surface area contributed by atoms with Crippen molar-refractivity contribution in [2.45, 2.75) is 19.9 Å². The Labute approximate surface area is 127 Å². The average Bonchev–Trinajstić information content (AvgIpc) is 3.00. The molecule has 0 fully saturated rings. The fourth-order valence-corrected chi connectivity index (χ4v) is 2.71. The first-order valence-corrected chi connectivity index (χ1v) is 6.97. The Morgan fingerprint density at radius 1 is 1.18 bits per heavy atom. The summed E-state index contributed by atoms with van der Waals surface area (Å²) >= 11 is 0. The van der Waals surface area contributed by atoms with Gasteiger partial charge in [0.1, 0.15) is 5.82 Å². The van der Waals surface area contributed by atoms with Gasteiger partial charge in [0.2, 0.25) is 0 Å². The van der Waals surface area contributed by atoms with Crippen molar-refractivity contribution < 1.29 is 4.39 Å². The third kappa shape index (κ3) is 2.37. The smallest absolute Gasteiger partial charge is 0.180 e. The van der Waals surface area contributed by atoms with E-state index < -0.39 is 6.04 Å². The minimum atomic E-state index is -0.453. The van der Waals surface area contributed by atoms with Crippen LogP contribution in [-0.2, 0) is 0 Å². The monoisotopic (exact) mass is 297 g/mol. The van der Waals surface area contributed by atoms with E-state index in [4.69, 9.17) is 5.73 Å². The zero-order valence-electron chi connectivity index (χ0n) is 12.3. The summed E-state index contributed by atoms with van der Waals surface area (Å²) in [5.41, 5.74) is 9.61. The van der Waals surface area contributed by atoms with E-state index in [0.717, 1.165) is 22.3 Å². The summed E-state index contributed by atoms with van der Waals surface area (Å²) in [6, 6.07) is 10.6. The number of nitrogens with zero attached hydrogens (tertiary/aromatic N) is 3. The van der Waals surface area contributed by atoms with Gasteiger partial charge in [0.15, 0.2) is 5.82 Å². The van der Waals surface area contributed by atoms with Crippen LogP contribution in [0.1, 0.15) is 24.1 Å². The number of tetrazole rings is 1. The highest BCUT2D eigenvalue weighted by Crippen LogP contribution is 2.39. The topological polar surface area (TPSA) is 80.5 Å². The summed E-state index contributed by atoms with van der Waals surface area (Å²) in [5, 5.41) is 14.0. The van der Waals surface area contributed by atoms with Gasteiger partial charge in [0, 0.05) is 22.7 Å². The van der Waals surface area contributed by atoms with Gasteiger partial charge in [-0.05, 0) is 41.5 Å². The second-order valence-corrected chi connectivity index (χ2v) is 5.24. The fraction of sp³-hybridized carbons (Fsp3) is 0.188. The normalized spacial score (nSPS) is 12.4. The largest absolute Gasteiger partial charge is 0.324 e. The Kier molecular flexibility index (Phi) is 3.68. The summed E-state index contributed by atoms with van der Waals surface area (Å²) in [4.78, 5) is 0. The lowest BCUT2D eigenvalue weighted by atomic mass is 9.88. The van der Waals surface area contributed by atoms with Crippen molar-refractivity contribution in [2.24, 2.45) is 5.73 Å². The van der Waals surface area contributed by atoms with Crippen LogP contribution in [0.5, 0.6) is 0 Å². The Morgan fingerprint density at radius 2 is 1.91 bits per heavy atom. The standard InChI is InChI=1S/C16H16FN5/c1-9-8-12(17)14(10(2)18)15(11-6-4-3-5-7-11)13(9)16-19-21-22-20-16/h3-8,10H,18H2,1-2H3,(H,19,20,21,22). The van der Waals surface area contributed by atoms with E-state index >= 15 is 0 Å². The summed E-state index contributed by atoms with van der Waals surface area (Å²) < 4.78 is 14.5. The predicted octanol–water partition coefficient (Wildman–Crippen LogP) is 3.00. The number of benzene rings is 2. The molecule has 0 radical (unpaired) electrons. The lowest BCUT2D eigenvalue weighted by Gasteiger charge is -2.19. The first-order chi connectivity index (χ1) is 10.6. The lowest BCUT2D eigenvalue weighted by Crippen LogP contribution is -2.11. The number of hydrogen-bond acceptors (Lipinski definition) is 4. The summed E-state index contributed by atoms with van der Waals surface area (Å²) in [6.07, 6.45) is 0. The number of H-pyrrole nitrogens is 1. The van der Waals surface area contributed by atoms with Crippen LogP contribution in [0.15, 0.2) is 36.4 Å². The summed E-state index contributed by atoms with van der Waals surface area (Å²) in [6.45, 7) is 3.60. The molecule has 22 heavy (non-hydrogen) atoms. The van der Waals surface area contributed by atoms with Gasteiger partial charge in [0.25, 0.3) is 0 Å². The molecule has 1 aromatic heterocycles. The van der Waals surface area contributed by atoms with Gasteiger partial charge in [-0.15, -0.1) is 5.10 Å². The molecule has 3 N–H and O–H groups in total. The Morgan fingerprint density at radius 3 is 2.50 bits per heavy atom. The second kappa shape index (κ2) is 5.65. The van der Waals surface area contributed by atoms with Gasteiger partial charge in [-0.1, -0.05) is 30.3 Å². The van der Waals surface area contributed by atoms with Crippen molar-refractivity contribution in [3.05, 3.63) is 53.3 Å². The molecule has 2 aromatic carbocycles. The fourth-order valence-electron chi connectivity index (χ4n) is 2.71. The molecular formula is C16H16FN5. The molecule has 0 aliphatic carbocycles. The van der Waals surface area contributed by atoms with E-state index in [9.17, 15) is 4.39 Å². The first kappa shape index (κ1) is 14.3. The SMILES string of the molecule is Cc1cc(F)c(C(C)N)c(-c2ccccc2)c1-c1nnn[nH]1. The van der Waals surface area contributed by atoms with Gasteiger partial charge in [-0.3, -0.25) is 0 Å². The molecule has 0 aliphatic rings. The lowest BCUT2D eigenvalue weighted by molar-refractivity contribution is 0.594. The third-order valence-electron chi connectivity index (χ3n) is 3.61. The number of nitrogens with one attached hydrogen (secondary N) is 1. The Hall–Kier alpha value is -2.60. The number of aromatic amines is 1. The van der Waals surface area contributed by atoms with Crippen molar-refractivity contribution in [2.75, 3.05) is 0 Å². The molecule has 6 heteroatoms. The van der Waals surface area contributed by atoms with Crippen LogP contribution in [0.25, 0.3) is 22.5 Å². The number of halogens is 1. The number of rotatable bonds is 3. The summed E-state index contributed by atoms with van der Waals surface area (Å²) in [5.74, 6) is 0.181. The number of aromatic nitrogens is 4. The van der Waals surface area contributed by atoms with E-state index in [1.165, 1.54) is 6.07 Å². The second-order valence-electron chi connectivity index (χ2n) is 5.24. The third-order valence-corrected chi connectivity index (χ3v) is 3.61. The maximum absolute atomic E-state index is 14.5. The van der Waals surface area contributed by atoms with Crippen molar-refractivity contribution >= 4 is 0 Å². The maximum Gasteiger partial charge on any atom is 0.180 e. The molecule has 3 aromatic rings. The van der Waals surface area contributed by atoms with Gasteiger partial charge in [0.05, 0.1) is 0 Å². The predicted molar refractivity (Wildman–Crippen MR) is 82.3 cm³/mol. The van der Waals surface area contributed by atoms with E-state index in [1.807, 2.05) is 37.3 Å². The molecule has 0 amide bonds. The van der Waals surface area contributed by atoms with Crippen LogP contribution in [-0.4, -0.2) is 20.6 Å². The zero-order chi connectivity index (χ0) is 15.7. The van der Waals surface area contributed by atoms with Gasteiger partial charge in [-0.25, -0.2) is 9.49 Å². The van der Waals surface area contributed by atoms with Gasteiger partial charge >= 0.3 is 0 Å². The molecule has 0 spiro atoms. The Bertz CT molecular complexity index is 782. The highest BCUT2D eigenvalue weighted by Gasteiger charge is 2.22. The molecule has 1 heterocycles. The minimum Gasteiger partial charge on any atom is -0.324 e. The van der Waals surface area contributed by atoms with Crippen LogP contribution >= 0.6 is 0 Å². The molecular weight excluding hydrogens is 281 g/mol. The van der Waals surface area contributed by atoms with E-state index in [2.05, 4.69) is 20.6 Å². The first-order valence-electron chi connectivity index (χ1n) is 6.97. The molecule has 0 saturated carbocycles. The van der Waals surface area contributed by atoms with E-state index in [1.54, 1.807) is 6.92 Å². The quantitative estimate of drug-likeness (QED) is 0.778. The number of aryl methyl sites for hydroxylation is 1. The van der Waals surface area contributed by atoms with Crippen molar-refractivity contribution in [1.29, 1.82) is 0 Å². The molecule has 1 unspecified atom stereocenters. The molecule has 3 rings (SSSR count). The van der Waals surface area contributed by atoms with Crippen LogP contribution < -0.4 is 5.73 Å². The van der Waals surface area contributed by atoms with Crippen molar-refractivity contribution in [3.63, 3.8) is 0 Å². The molecule has 5 nitrogen and oxygen atoms in total. The maximum atomic E-state index is 14.5. The van der Waals surface area contributed by atoms with Crippen LogP contribution in [0.2, 0.25) is 0 Å². The van der Waals surface area contributed by atoms with Crippen LogP contribution in [0.4, 0.5) is 4.39 Å². The van der Waals surface area contributed by atoms with E-state index in [0.29, 0.717) is 11.4 Å². The highest BCUT2D eigenvalue weighted by molar-refractivity contribution is 5.85. The Balaban J connectivity index is 2.41. The number of hydrogen-bond donors (Lipinski definition) is 2. The highest BCUT2D eigenvalue weighted by atomic mass is 19.1. The average molecular weight is 297 g/mol. The van der Waals surface area contributed by atoms with Gasteiger partial charge < -0.3 is 5.73 Å². The molecule has 0 bridgehead atoms.